The van der Waals surface area contributed by atoms with Crippen molar-refractivity contribution in [2.24, 2.45) is 0 Å². The normalized spacial score (nSPS) is 11.1. The first kappa shape index (κ1) is 16.6. The second-order valence-corrected chi connectivity index (χ2v) is 6.01. The molecule has 0 saturated carbocycles. The number of rotatable bonds is 10. The molecule has 0 saturated heterocycles. The third-order valence-corrected chi connectivity index (χ3v) is 4.07. The van der Waals surface area contributed by atoms with Gasteiger partial charge in [0.15, 0.2) is 5.78 Å². The first-order chi connectivity index (χ1) is 9.61. The van der Waals surface area contributed by atoms with Gasteiger partial charge in [-0.15, -0.1) is 11.3 Å². The molecular weight excluding hydrogens is 272 g/mol. The average Bonchev–Trinajstić information content (AvgIpc) is 2.84. The van der Waals surface area contributed by atoms with Gasteiger partial charge < -0.3 is 5.11 Å². The molecule has 4 heteroatoms. The minimum absolute atomic E-state index is 0.180. The Bertz CT molecular complexity index is 460. The van der Waals surface area contributed by atoms with Crippen molar-refractivity contribution < 1.29 is 14.7 Å². The summed E-state index contributed by atoms with van der Waals surface area (Å²) in [5, 5.41) is 8.59. The Labute approximate surface area is 124 Å². The van der Waals surface area contributed by atoms with Crippen molar-refractivity contribution in [3.63, 3.8) is 0 Å². The van der Waals surface area contributed by atoms with E-state index in [4.69, 9.17) is 5.11 Å². The fourth-order valence-electron chi connectivity index (χ4n) is 1.84. The highest BCUT2D eigenvalue weighted by molar-refractivity contribution is 7.12. The Morgan fingerprint density at radius 2 is 2.00 bits per heavy atom. The lowest BCUT2D eigenvalue weighted by Gasteiger charge is -1.94. The van der Waals surface area contributed by atoms with Gasteiger partial charge in [-0.2, -0.15) is 0 Å². The molecule has 1 aromatic heterocycles. The van der Waals surface area contributed by atoms with Crippen molar-refractivity contribution in [1.29, 1.82) is 0 Å². The Balaban J connectivity index is 2.35. The summed E-state index contributed by atoms with van der Waals surface area (Å²) in [5.41, 5.74) is 0. The molecule has 0 bridgehead atoms. The van der Waals surface area contributed by atoms with Gasteiger partial charge in [0.05, 0.1) is 0 Å². The smallest absolute Gasteiger partial charge is 0.303 e. The first-order valence-corrected chi connectivity index (χ1v) is 7.95. The summed E-state index contributed by atoms with van der Waals surface area (Å²) < 4.78 is 0. The van der Waals surface area contributed by atoms with Crippen LogP contribution in [-0.2, 0) is 16.0 Å². The summed E-state index contributed by atoms with van der Waals surface area (Å²) in [6, 6.07) is 3.99. The monoisotopic (exact) mass is 294 g/mol. The van der Waals surface area contributed by atoms with Gasteiger partial charge in [-0.05, 0) is 43.5 Å². The minimum Gasteiger partial charge on any atom is -0.481 e. The summed E-state index contributed by atoms with van der Waals surface area (Å²) in [5.74, 6) is -0.571. The summed E-state index contributed by atoms with van der Waals surface area (Å²) in [6.07, 6.45) is 8.99. The van der Waals surface area contributed by atoms with Crippen LogP contribution in [0.2, 0.25) is 0 Å². The summed E-state index contributed by atoms with van der Waals surface area (Å²) in [4.78, 5) is 24.3. The van der Waals surface area contributed by atoms with Crippen molar-refractivity contribution in [1.82, 2.24) is 0 Å². The number of carboxylic acid groups (broad SMARTS) is 1. The van der Waals surface area contributed by atoms with Gasteiger partial charge in [0.2, 0.25) is 0 Å². The maximum Gasteiger partial charge on any atom is 0.303 e. The molecule has 0 radical (unpaired) electrons. The van der Waals surface area contributed by atoms with Crippen LogP contribution < -0.4 is 0 Å². The molecule has 1 rings (SSSR count). The van der Waals surface area contributed by atoms with Gasteiger partial charge in [0.25, 0.3) is 0 Å². The zero-order chi connectivity index (χ0) is 14.8. The van der Waals surface area contributed by atoms with E-state index in [0.29, 0.717) is 12.8 Å². The number of ketones is 1. The maximum absolute atomic E-state index is 11.6. The van der Waals surface area contributed by atoms with Gasteiger partial charge in [-0.1, -0.05) is 19.8 Å². The van der Waals surface area contributed by atoms with Crippen LogP contribution >= 0.6 is 11.3 Å². The molecule has 1 aromatic rings. The van der Waals surface area contributed by atoms with Crippen molar-refractivity contribution in [2.75, 3.05) is 0 Å². The number of allylic oxidation sites excluding steroid dienone is 1. The molecule has 20 heavy (non-hydrogen) atoms. The standard InChI is InChI=1S/C16H22O3S/c1-2-3-4-6-13(17)9-10-15-12-11-14(20-15)7-5-8-16(18)19/h9-12H,2-8H2,1H3,(H,18,19)/b10-9+. The maximum atomic E-state index is 11.6. The summed E-state index contributed by atoms with van der Waals surface area (Å²) >= 11 is 1.62. The van der Waals surface area contributed by atoms with Gasteiger partial charge in [-0.3, -0.25) is 9.59 Å². The van der Waals surface area contributed by atoms with Crippen molar-refractivity contribution in [2.45, 2.75) is 51.9 Å². The molecule has 0 fully saturated rings. The fraction of sp³-hybridized carbons (Fsp3) is 0.500. The van der Waals surface area contributed by atoms with Crippen LogP contribution in [0.3, 0.4) is 0 Å². The van der Waals surface area contributed by atoms with E-state index in [2.05, 4.69) is 6.92 Å². The Morgan fingerprint density at radius 1 is 1.20 bits per heavy atom. The number of aliphatic carboxylic acids is 1. The molecule has 0 aromatic carbocycles. The van der Waals surface area contributed by atoms with E-state index in [1.54, 1.807) is 17.4 Å². The third-order valence-electron chi connectivity index (χ3n) is 2.96. The lowest BCUT2D eigenvalue weighted by atomic mass is 10.1. The predicted molar refractivity (Wildman–Crippen MR) is 83.1 cm³/mol. The van der Waals surface area contributed by atoms with Crippen LogP contribution in [0.5, 0.6) is 0 Å². The van der Waals surface area contributed by atoms with Crippen molar-refractivity contribution in [3.8, 4) is 0 Å². The Kier molecular flexibility index (Phi) is 7.88. The molecule has 0 spiro atoms. The van der Waals surface area contributed by atoms with E-state index in [0.717, 1.165) is 30.6 Å². The summed E-state index contributed by atoms with van der Waals surface area (Å²) in [6.45, 7) is 2.12. The molecule has 3 nitrogen and oxygen atoms in total. The fourth-order valence-corrected chi connectivity index (χ4v) is 2.80. The van der Waals surface area contributed by atoms with Crippen LogP contribution in [0, 0.1) is 0 Å². The number of aryl methyl sites for hydroxylation is 1. The molecule has 1 N–H and O–H groups in total. The van der Waals surface area contributed by atoms with E-state index in [9.17, 15) is 9.59 Å². The lowest BCUT2D eigenvalue weighted by molar-refractivity contribution is -0.137. The van der Waals surface area contributed by atoms with Crippen LogP contribution in [0.1, 0.15) is 55.2 Å². The van der Waals surface area contributed by atoms with Gasteiger partial charge >= 0.3 is 5.97 Å². The summed E-state index contributed by atoms with van der Waals surface area (Å²) in [7, 11) is 0. The van der Waals surface area contributed by atoms with E-state index < -0.39 is 5.97 Å². The van der Waals surface area contributed by atoms with Crippen LogP contribution in [0.15, 0.2) is 18.2 Å². The zero-order valence-electron chi connectivity index (χ0n) is 11.9. The minimum atomic E-state index is -0.751. The van der Waals surface area contributed by atoms with Crippen LogP contribution in [-0.4, -0.2) is 16.9 Å². The lowest BCUT2D eigenvalue weighted by Crippen LogP contribution is -1.94. The number of thiophene rings is 1. The highest BCUT2D eigenvalue weighted by Gasteiger charge is 2.02. The number of carbonyl (C=O) groups excluding carboxylic acids is 1. The molecule has 0 aliphatic heterocycles. The second-order valence-electron chi connectivity index (χ2n) is 4.81. The number of hydrogen-bond acceptors (Lipinski definition) is 3. The molecule has 0 aliphatic rings. The van der Waals surface area contributed by atoms with E-state index >= 15 is 0 Å². The molecule has 110 valence electrons. The highest BCUT2D eigenvalue weighted by Crippen LogP contribution is 2.20. The van der Waals surface area contributed by atoms with E-state index in [-0.39, 0.29) is 12.2 Å². The molecule has 0 unspecified atom stereocenters. The molecular formula is C16H22O3S. The van der Waals surface area contributed by atoms with Gasteiger partial charge in [0.1, 0.15) is 0 Å². The molecule has 0 amide bonds. The predicted octanol–water partition coefficient (Wildman–Crippen LogP) is 4.32. The number of carbonyl (C=O) groups is 2. The van der Waals surface area contributed by atoms with Crippen molar-refractivity contribution >= 4 is 29.2 Å². The molecule has 0 aliphatic carbocycles. The highest BCUT2D eigenvalue weighted by atomic mass is 32.1. The third kappa shape index (κ3) is 7.24. The van der Waals surface area contributed by atoms with Gasteiger partial charge in [-0.25, -0.2) is 0 Å². The van der Waals surface area contributed by atoms with Crippen LogP contribution in [0.4, 0.5) is 0 Å². The quantitative estimate of drug-likeness (QED) is 0.516. The van der Waals surface area contributed by atoms with Gasteiger partial charge in [0, 0.05) is 22.6 Å². The largest absolute Gasteiger partial charge is 0.481 e. The van der Waals surface area contributed by atoms with Crippen molar-refractivity contribution in [3.05, 3.63) is 28.0 Å². The second kappa shape index (κ2) is 9.48. The average molecular weight is 294 g/mol. The van der Waals surface area contributed by atoms with E-state index in [1.165, 1.54) is 4.88 Å². The molecule has 0 atom stereocenters. The number of carboxylic acids is 1. The number of unbranched alkanes of at least 4 members (excludes halogenated alkanes) is 2. The Morgan fingerprint density at radius 3 is 2.70 bits per heavy atom. The topological polar surface area (TPSA) is 54.4 Å². The van der Waals surface area contributed by atoms with Crippen LogP contribution in [0.25, 0.3) is 6.08 Å². The van der Waals surface area contributed by atoms with E-state index in [1.807, 2.05) is 18.2 Å². The first-order valence-electron chi connectivity index (χ1n) is 7.13. The number of hydrogen-bond donors (Lipinski definition) is 1. The molecule has 1 heterocycles. The SMILES string of the molecule is CCCCCC(=O)/C=C/c1ccc(CCCC(=O)O)s1. The zero-order valence-corrected chi connectivity index (χ0v) is 12.7. The Hall–Kier alpha value is -1.42.